The highest BCUT2D eigenvalue weighted by atomic mass is 32.2. The van der Waals surface area contributed by atoms with Gasteiger partial charge in [-0.1, -0.05) is 17.7 Å². The number of hydrogen-bond acceptors (Lipinski definition) is 3. The van der Waals surface area contributed by atoms with E-state index in [0.29, 0.717) is 6.04 Å². The van der Waals surface area contributed by atoms with Gasteiger partial charge in [0.15, 0.2) is 0 Å². The van der Waals surface area contributed by atoms with Crippen LogP contribution in [0.3, 0.4) is 0 Å². The molecule has 3 heteroatoms. The van der Waals surface area contributed by atoms with Gasteiger partial charge in [0.2, 0.25) is 0 Å². The average molecular weight is 222 g/mol. The van der Waals surface area contributed by atoms with E-state index >= 15 is 0 Å². The van der Waals surface area contributed by atoms with Gasteiger partial charge < -0.3 is 5.32 Å². The molecule has 2 rings (SSSR count). The normalized spacial score (nSPS) is 21.5. The minimum Gasteiger partial charge on any atom is -0.315 e. The van der Waals surface area contributed by atoms with E-state index in [0.717, 1.165) is 6.54 Å². The highest BCUT2D eigenvalue weighted by Crippen LogP contribution is 2.17. The molecule has 0 amide bonds. The lowest BCUT2D eigenvalue weighted by atomic mass is 10.1. The van der Waals surface area contributed by atoms with E-state index in [9.17, 15) is 0 Å². The third-order valence-corrected chi connectivity index (χ3v) is 3.62. The van der Waals surface area contributed by atoms with Crippen LogP contribution < -0.4 is 10.0 Å². The van der Waals surface area contributed by atoms with E-state index in [1.165, 1.54) is 29.8 Å². The molecule has 1 aliphatic heterocycles. The fourth-order valence-corrected chi connectivity index (χ4v) is 2.49. The summed E-state index contributed by atoms with van der Waals surface area (Å²) in [6.45, 7) is 4.39. The van der Waals surface area contributed by atoms with Crippen LogP contribution in [0, 0.1) is 6.92 Å². The Morgan fingerprint density at radius 3 is 2.80 bits per heavy atom. The summed E-state index contributed by atoms with van der Waals surface area (Å²) < 4.78 is 3.51. The van der Waals surface area contributed by atoms with Crippen LogP contribution >= 0.6 is 11.9 Å². The lowest BCUT2D eigenvalue weighted by Gasteiger charge is -2.23. The minimum absolute atomic E-state index is 0.616. The molecule has 0 aliphatic carbocycles. The van der Waals surface area contributed by atoms with Crippen LogP contribution in [-0.2, 0) is 0 Å². The summed E-state index contributed by atoms with van der Waals surface area (Å²) >= 11 is 1.75. The number of piperidine rings is 1. The van der Waals surface area contributed by atoms with Crippen molar-refractivity contribution in [3.05, 3.63) is 29.8 Å². The molecule has 0 radical (unpaired) electrons. The summed E-state index contributed by atoms with van der Waals surface area (Å²) in [5.74, 6) is 0. The number of nitrogens with one attached hydrogen (secondary N) is 2. The van der Waals surface area contributed by atoms with Crippen LogP contribution in [0.4, 0.5) is 0 Å². The first-order chi connectivity index (χ1) is 7.34. The Morgan fingerprint density at radius 1 is 1.33 bits per heavy atom. The number of hydrogen-bond donors (Lipinski definition) is 2. The van der Waals surface area contributed by atoms with Crippen molar-refractivity contribution < 1.29 is 0 Å². The Morgan fingerprint density at radius 2 is 2.13 bits per heavy atom. The Balaban J connectivity index is 1.79. The molecule has 0 bridgehead atoms. The topological polar surface area (TPSA) is 24.1 Å². The summed E-state index contributed by atoms with van der Waals surface area (Å²) in [5.41, 5.74) is 1.32. The highest BCUT2D eigenvalue weighted by Gasteiger charge is 2.11. The van der Waals surface area contributed by atoms with Gasteiger partial charge >= 0.3 is 0 Å². The van der Waals surface area contributed by atoms with Gasteiger partial charge in [0.1, 0.15) is 0 Å². The van der Waals surface area contributed by atoms with Gasteiger partial charge in [-0.2, -0.15) is 0 Å². The zero-order chi connectivity index (χ0) is 10.5. The molecule has 0 spiro atoms. The Kier molecular flexibility index (Phi) is 4.06. The summed E-state index contributed by atoms with van der Waals surface area (Å²) in [7, 11) is 0. The molecule has 2 N–H and O–H groups in total. The molecule has 1 aromatic carbocycles. The van der Waals surface area contributed by atoms with Gasteiger partial charge in [-0.15, -0.1) is 0 Å². The van der Waals surface area contributed by atoms with Crippen LogP contribution in [0.1, 0.15) is 18.4 Å². The number of aryl methyl sites for hydroxylation is 1. The molecular formula is C12H18N2S. The lowest BCUT2D eigenvalue weighted by Crippen LogP contribution is -2.40. The van der Waals surface area contributed by atoms with Crippen molar-refractivity contribution >= 4 is 11.9 Å². The molecule has 15 heavy (non-hydrogen) atoms. The third kappa shape index (κ3) is 3.52. The number of rotatable bonds is 3. The van der Waals surface area contributed by atoms with E-state index in [1.807, 2.05) is 0 Å². The molecule has 1 atom stereocenters. The molecular weight excluding hydrogens is 204 g/mol. The Hall–Kier alpha value is -0.510. The van der Waals surface area contributed by atoms with Gasteiger partial charge in [0.05, 0.1) is 0 Å². The Bertz CT molecular complexity index is 291. The maximum atomic E-state index is 3.51. The second kappa shape index (κ2) is 5.54. The van der Waals surface area contributed by atoms with Crippen LogP contribution in [0.5, 0.6) is 0 Å². The second-order valence-electron chi connectivity index (χ2n) is 4.08. The van der Waals surface area contributed by atoms with Gasteiger partial charge in [0.25, 0.3) is 0 Å². The van der Waals surface area contributed by atoms with Crippen molar-refractivity contribution in [2.24, 2.45) is 0 Å². The molecule has 1 fully saturated rings. The molecule has 1 heterocycles. The Labute approximate surface area is 96.0 Å². The van der Waals surface area contributed by atoms with Crippen molar-refractivity contribution in [3.8, 4) is 0 Å². The van der Waals surface area contributed by atoms with E-state index in [-0.39, 0.29) is 0 Å². The van der Waals surface area contributed by atoms with E-state index in [1.54, 1.807) is 11.9 Å². The van der Waals surface area contributed by atoms with Crippen molar-refractivity contribution in [2.75, 3.05) is 13.1 Å². The third-order valence-electron chi connectivity index (χ3n) is 2.66. The van der Waals surface area contributed by atoms with Crippen molar-refractivity contribution in [3.63, 3.8) is 0 Å². The van der Waals surface area contributed by atoms with Gasteiger partial charge in [-0.3, -0.25) is 4.72 Å². The predicted octanol–water partition coefficient (Wildman–Crippen LogP) is 2.34. The van der Waals surface area contributed by atoms with Crippen molar-refractivity contribution in [2.45, 2.75) is 30.7 Å². The average Bonchev–Trinajstić information content (AvgIpc) is 2.30. The molecule has 1 unspecified atom stereocenters. The first kappa shape index (κ1) is 11.0. The van der Waals surface area contributed by atoms with Crippen molar-refractivity contribution in [1.82, 2.24) is 10.0 Å². The van der Waals surface area contributed by atoms with Crippen LogP contribution in [0.15, 0.2) is 29.2 Å². The van der Waals surface area contributed by atoms with Gasteiger partial charge in [0, 0.05) is 17.5 Å². The highest BCUT2D eigenvalue weighted by molar-refractivity contribution is 7.97. The summed E-state index contributed by atoms with van der Waals surface area (Å²) in [4.78, 5) is 1.30. The number of benzene rings is 1. The molecule has 1 saturated heterocycles. The summed E-state index contributed by atoms with van der Waals surface area (Å²) in [6, 6.07) is 9.27. The maximum Gasteiger partial charge on any atom is 0.0300 e. The second-order valence-corrected chi connectivity index (χ2v) is 4.99. The van der Waals surface area contributed by atoms with E-state index < -0.39 is 0 Å². The van der Waals surface area contributed by atoms with E-state index in [2.05, 4.69) is 41.2 Å². The van der Waals surface area contributed by atoms with Crippen molar-refractivity contribution in [1.29, 1.82) is 0 Å². The van der Waals surface area contributed by atoms with Crippen LogP contribution in [0.25, 0.3) is 0 Å². The first-order valence-corrected chi connectivity index (χ1v) is 6.36. The lowest BCUT2D eigenvalue weighted by molar-refractivity contribution is 0.441. The molecule has 0 saturated carbocycles. The largest absolute Gasteiger partial charge is 0.315 e. The van der Waals surface area contributed by atoms with E-state index in [4.69, 9.17) is 0 Å². The smallest absolute Gasteiger partial charge is 0.0300 e. The fraction of sp³-hybridized carbons (Fsp3) is 0.500. The minimum atomic E-state index is 0.616. The molecule has 1 aliphatic rings. The standard InChI is InChI=1S/C12H18N2S/c1-10-4-6-12(7-5-10)15-14-11-3-2-8-13-9-11/h4-7,11,13-14H,2-3,8-9H2,1H3. The van der Waals surface area contributed by atoms with Crippen LogP contribution in [-0.4, -0.2) is 19.1 Å². The van der Waals surface area contributed by atoms with Gasteiger partial charge in [-0.05, 0) is 50.4 Å². The quantitative estimate of drug-likeness (QED) is 0.768. The molecule has 0 aromatic heterocycles. The predicted molar refractivity (Wildman–Crippen MR) is 66.1 cm³/mol. The summed E-state index contributed by atoms with van der Waals surface area (Å²) in [6.07, 6.45) is 2.57. The fourth-order valence-electron chi connectivity index (χ4n) is 1.71. The van der Waals surface area contributed by atoms with Gasteiger partial charge in [-0.25, -0.2) is 0 Å². The molecule has 82 valence electrons. The maximum absolute atomic E-state index is 3.51. The van der Waals surface area contributed by atoms with Crippen LogP contribution in [0.2, 0.25) is 0 Å². The first-order valence-electron chi connectivity index (χ1n) is 5.54. The SMILES string of the molecule is Cc1ccc(SNC2CCCNC2)cc1. The molecule has 1 aromatic rings. The summed E-state index contributed by atoms with van der Waals surface area (Å²) in [5, 5.41) is 3.40. The molecule has 2 nitrogen and oxygen atoms in total. The monoisotopic (exact) mass is 222 g/mol. The zero-order valence-corrected chi connectivity index (χ0v) is 9.94. The zero-order valence-electron chi connectivity index (χ0n) is 9.12.